The fourth-order valence-electron chi connectivity index (χ4n) is 3.11. The highest BCUT2D eigenvalue weighted by atomic mass is 32.2. The summed E-state index contributed by atoms with van der Waals surface area (Å²) in [4.78, 5) is 12.2. The number of hydrogen-bond donors (Lipinski definition) is 1. The Kier molecular flexibility index (Phi) is 6.18. The molecule has 1 fully saturated rings. The minimum absolute atomic E-state index is 0.154. The first kappa shape index (κ1) is 21.9. The molecule has 1 aliphatic heterocycles. The molecule has 1 N–H and O–H groups in total. The van der Waals surface area contributed by atoms with Crippen LogP contribution in [0.3, 0.4) is 0 Å². The van der Waals surface area contributed by atoms with Gasteiger partial charge in [0.1, 0.15) is 11.5 Å². The number of hydrogen-bond acceptors (Lipinski definition) is 5. The predicted octanol–water partition coefficient (Wildman–Crippen LogP) is 5.44. The van der Waals surface area contributed by atoms with Crippen LogP contribution < -0.4 is 5.32 Å². The lowest BCUT2D eigenvalue weighted by atomic mass is 10.1. The number of nitrogens with zero attached hydrogens (tertiary/aromatic N) is 2. The average Bonchev–Trinajstić information content (AvgIpc) is 3.35. The maximum absolute atomic E-state index is 12.9. The summed E-state index contributed by atoms with van der Waals surface area (Å²) in [5.74, 6) is 0.879. The van der Waals surface area contributed by atoms with Gasteiger partial charge in [0, 0.05) is 5.56 Å². The molecule has 3 aromatic rings. The molecule has 0 bridgehead atoms. The molecule has 5 nitrogen and oxygen atoms in total. The number of nitrogens with one attached hydrogen (secondary N) is 1. The van der Waals surface area contributed by atoms with Gasteiger partial charge < -0.3 is 9.73 Å². The summed E-state index contributed by atoms with van der Waals surface area (Å²) in [6.45, 7) is 2.01. The summed E-state index contributed by atoms with van der Waals surface area (Å²) >= 11 is 1.13. The molecule has 1 atom stereocenters. The van der Waals surface area contributed by atoms with Crippen LogP contribution in [0.5, 0.6) is 0 Å². The summed E-state index contributed by atoms with van der Waals surface area (Å²) < 4.78 is 44.4. The maximum Gasteiger partial charge on any atom is 0.416 e. The van der Waals surface area contributed by atoms with Crippen molar-refractivity contribution in [2.45, 2.75) is 24.8 Å². The molecular weight excluding hydrogens is 439 g/mol. The fourth-order valence-corrected chi connectivity index (χ4v) is 4.07. The molecule has 9 heteroatoms. The Morgan fingerprint density at radius 3 is 2.66 bits per heavy atom. The molecule has 1 aliphatic rings. The van der Waals surface area contributed by atoms with Gasteiger partial charge in [-0.3, -0.25) is 4.79 Å². The van der Waals surface area contributed by atoms with Crippen molar-refractivity contribution < 1.29 is 22.4 Å². The SMILES string of the molecule is Cc1ccc(-c2ccc(/C=N\N=C3/NC(=O)[C@H](Cc4cccc(C(F)(F)F)c4)S3)o2)cc1. The molecule has 0 radical (unpaired) electrons. The third-order valence-corrected chi connectivity index (χ3v) is 5.82. The largest absolute Gasteiger partial charge is 0.455 e. The Hall–Kier alpha value is -3.33. The molecule has 2 aromatic carbocycles. The Balaban J connectivity index is 1.38. The zero-order chi connectivity index (χ0) is 22.7. The van der Waals surface area contributed by atoms with E-state index < -0.39 is 17.0 Å². The second kappa shape index (κ2) is 9.04. The van der Waals surface area contributed by atoms with E-state index in [1.54, 1.807) is 12.1 Å². The third kappa shape index (κ3) is 5.28. The number of halogens is 3. The van der Waals surface area contributed by atoms with E-state index in [-0.39, 0.29) is 17.5 Å². The van der Waals surface area contributed by atoms with Gasteiger partial charge in [-0.2, -0.15) is 18.3 Å². The Morgan fingerprint density at radius 2 is 1.91 bits per heavy atom. The number of amidine groups is 1. The first-order chi connectivity index (χ1) is 15.3. The summed E-state index contributed by atoms with van der Waals surface area (Å²) in [5.41, 5.74) is 1.79. The lowest BCUT2D eigenvalue weighted by Gasteiger charge is -2.10. The average molecular weight is 457 g/mol. The predicted molar refractivity (Wildman–Crippen MR) is 119 cm³/mol. The van der Waals surface area contributed by atoms with E-state index in [9.17, 15) is 18.0 Å². The molecule has 1 saturated heterocycles. The van der Waals surface area contributed by atoms with Crippen LogP contribution in [0.1, 0.15) is 22.5 Å². The van der Waals surface area contributed by atoms with Gasteiger partial charge >= 0.3 is 6.18 Å². The number of rotatable bonds is 5. The molecule has 1 amide bonds. The molecule has 0 saturated carbocycles. The fraction of sp³-hybridized carbons (Fsp3) is 0.174. The van der Waals surface area contributed by atoms with Gasteiger partial charge in [0.15, 0.2) is 5.17 Å². The van der Waals surface area contributed by atoms with Gasteiger partial charge in [0.25, 0.3) is 0 Å². The first-order valence-corrected chi connectivity index (χ1v) is 10.6. The van der Waals surface area contributed by atoms with Gasteiger partial charge in [-0.15, -0.1) is 5.10 Å². The van der Waals surface area contributed by atoms with Crippen molar-refractivity contribution in [3.63, 3.8) is 0 Å². The van der Waals surface area contributed by atoms with Gasteiger partial charge in [0.2, 0.25) is 5.91 Å². The van der Waals surface area contributed by atoms with Crippen LogP contribution in [-0.4, -0.2) is 22.5 Å². The Morgan fingerprint density at radius 1 is 1.12 bits per heavy atom. The maximum atomic E-state index is 12.9. The third-order valence-electron chi connectivity index (χ3n) is 4.75. The summed E-state index contributed by atoms with van der Waals surface area (Å²) in [6, 6.07) is 16.5. The Labute approximate surface area is 186 Å². The normalized spacial score (nSPS) is 17.9. The second-order valence-corrected chi connectivity index (χ2v) is 8.41. The quantitative estimate of drug-likeness (QED) is 0.410. The molecule has 0 aliphatic carbocycles. The molecule has 0 unspecified atom stereocenters. The van der Waals surface area contributed by atoms with Crippen molar-refractivity contribution in [2.75, 3.05) is 0 Å². The summed E-state index contributed by atoms with van der Waals surface area (Å²) in [7, 11) is 0. The summed E-state index contributed by atoms with van der Waals surface area (Å²) in [5, 5.41) is 10.2. The van der Waals surface area contributed by atoms with Gasteiger partial charge in [0.05, 0.1) is 17.0 Å². The number of thioether (sulfide) groups is 1. The minimum atomic E-state index is -4.42. The lowest BCUT2D eigenvalue weighted by molar-refractivity contribution is -0.137. The highest BCUT2D eigenvalue weighted by Crippen LogP contribution is 2.31. The first-order valence-electron chi connectivity index (χ1n) is 9.69. The van der Waals surface area contributed by atoms with Crippen molar-refractivity contribution in [1.82, 2.24) is 5.32 Å². The van der Waals surface area contributed by atoms with Crippen LogP contribution in [0.25, 0.3) is 11.3 Å². The molecule has 32 heavy (non-hydrogen) atoms. The van der Waals surface area contributed by atoms with E-state index in [2.05, 4.69) is 15.5 Å². The highest BCUT2D eigenvalue weighted by molar-refractivity contribution is 8.15. The van der Waals surface area contributed by atoms with E-state index in [4.69, 9.17) is 4.42 Å². The second-order valence-electron chi connectivity index (χ2n) is 7.22. The standard InChI is InChI=1S/C23H18F3N3O2S/c1-14-5-7-16(8-6-14)19-10-9-18(31-19)13-27-29-22-28-21(30)20(32-22)12-15-3-2-4-17(11-15)23(24,25)26/h2-11,13,20H,12H2,1H3,(H,28,29,30)/b27-13-/t20-/m0/s1. The lowest BCUT2D eigenvalue weighted by Crippen LogP contribution is -2.26. The number of alkyl halides is 3. The smallest absolute Gasteiger partial charge is 0.416 e. The minimum Gasteiger partial charge on any atom is -0.455 e. The van der Waals surface area contributed by atoms with Crippen molar-refractivity contribution in [1.29, 1.82) is 0 Å². The van der Waals surface area contributed by atoms with Crippen molar-refractivity contribution >= 4 is 29.1 Å². The van der Waals surface area contributed by atoms with Crippen LogP contribution in [0.15, 0.2) is 75.3 Å². The number of furan rings is 1. The van der Waals surface area contributed by atoms with Crippen LogP contribution >= 0.6 is 11.8 Å². The van der Waals surface area contributed by atoms with Gasteiger partial charge in [-0.1, -0.05) is 59.8 Å². The van der Waals surface area contributed by atoms with Crippen molar-refractivity contribution in [2.24, 2.45) is 10.2 Å². The topological polar surface area (TPSA) is 67.0 Å². The van der Waals surface area contributed by atoms with E-state index in [0.29, 0.717) is 17.1 Å². The van der Waals surface area contributed by atoms with Crippen LogP contribution in [-0.2, 0) is 17.4 Å². The Bertz CT molecular complexity index is 1180. The number of carbonyl (C=O) groups is 1. The highest BCUT2D eigenvalue weighted by Gasteiger charge is 2.33. The van der Waals surface area contributed by atoms with Crippen LogP contribution in [0.2, 0.25) is 0 Å². The molecule has 164 valence electrons. The van der Waals surface area contributed by atoms with Crippen LogP contribution in [0.4, 0.5) is 13.2 Å². The zero-order valence-electron chi connectivity index (χ0n) is 16.9. The van der Waals surface area contributed by atoms with Crippen molar-refractivity contribution in [3.05, 3.63) is 83.1 Å². The summed E-state index contributed by atoms with van der Waals surface area (Å²) in [6.07, 6.45) is -2.84. The molecule has 0 spiro atoms. The number of benzene rings is 2. The molecule has 4 rings (SSSR count). The van der Waals surface area contributed by atoms with Crippen LogP contribution in [0, 0.1) is 6.92 Å². The molecule has 1 aromatic heterocycles. The molecule has 2 heterocycles. The monoisotopic (exact) mass is 457 g/mol. The van der Waals surface area contributed by atoms with E-state index in [0.717, 1.165) is 35.0 Å². The van der Waals surface area contributed by atoms with Crippen molar-refractivity contribution in [3.8, 4) is 11.3 Å². The number of amides is 1. The zero-order valence-corrected chi connectivity index (χ0v) is 17.7. The van der Waals surface area contributed by atoms with Gasteiger partial charge in [-0.05, 0) is 37.1 Å². The van der Waals surface area contributed by atoms with Gasteiger partial charge in [-0.25, -0.2) is 0 Å². The molecular formula is C23H18F3N3O2S. The number of carbonyl (C=O) groups excluding carboxylic acids is 1. The number of aryl methyl sites for hydroxylation is 1. The van der Waals surface area contributed by atoms with E-state index in [1.807, 2.05) is 37.3 Å². The van der Waals surface area contributed by atoms with E-state index in [1.165, 1.54) is 12.3 Å². The van der Waals surface area contributed by atoms with E-state index >= 15 is 0 Å².